The summed E-state index contributed by atoms with van der Waals surface area (Å²) in [6.07, 6.45) is 2.05. The summed E-state index contributed by atoms with van der Waals surface area (Å²) >= 11 is 0. The molecule has 0 aliphatic rings. The van der Waals surface area contributed by atoms with Gasteiger partial charge in [0.15, 0.2) is 9.84 Å². The Morgan fingerprint density at radius 1 is 1.42 bits per heavy atom. The third kappa shape index (κ3) is 5.00. The number of carbonyl (C=O) groups excluding carboxylic acids is 1. The Balaban J connectivity index is 2.86. The van der Waals surface area contributed by atoms with E-state index in [0.29, 0.717) is 18.5 Å². The van der Waals surface area contributed by atoms with Crippen LogP contribution < -0.4 is 11.1 Å². The van der Waals surface area contributed by atoms with Gasteiger partial charge in [0.05, 0.1) is 4.90 Å². The third-order valence-corrected chi connectivity index (χ3v) is 3.85. The molecule has 0 spiro atoms. The van der Waals surface area contributed by atoms with Gasteiger partial charge in [-0.05, 0) is 38.0 Å². The van der Waals surface area contributed by atoms with Crippen molar-refractivity contribution in [3.05, 3.63) is 23.8 Å². The molecule has 1 amide bonds. The number of nitrogens with one attached hydrogen (secondary N) is 1. The molecule has 0 fully saturated rings. The number of aryl methyl sites for hydroxylation is 1. The van der Waals surface area contributed by atoms with E-state index < -0.39 is 9.84 Å². The molecular formula is C13H20N2O3S. The topological polar surface area (TPSA) is 89.3 Å². The summed E-state index contributed by atoms with van der Waals surface area (Å²) in [5, 5.41) is 2.72. The Morgan fingerprint density at radius 2 is 2.05 bits per heavy atom. The Hall–Kier alpha value is -1.40. The van der Waals surface area contributed by atoms with Crippen LogP contribution in [0.5, 0.6) is 0 Å². The minimum Gasteiger partial charge on any atom is -0.328 e. The molecule has 0 aliphatic carbocycles. The minimum absolute atomic E-state index is 0.0331. The van der Waals surface area contributed by atoms with E-state index in [1.807, 2.05) is 13.8 Å². The van der Waals surface area contributed by atoms with Crippen molar-refractivity contribution >= 4 is 21.4 Å². The fourth-order valence-corrected chi connectivity index (χ4v) is 2.19. The van der Waals surface area contributed by atoms with Crippen LogP contribution in [0, 0.1) is 6.92 Å². The first-order valence-corrected chi connectivity index (χ1v) is 7.95. The second-order valence-corrected chi connectivity index (χ2v) is 6.83. The molecule has 19 heavy (non-hydrogen) atoms. The third-order valence-electron chi connectivity index (χ3n) is 2.74. The van der Waals surface area contributed by atoms with Crippen LogP contribution in [0.2, 0.25) is 0 Å². The number of hydrogen-bond acceptors (Lipinski definition) is 4. The first-order chi connectivity index (χ1) is 8.70. The van der Waals surface area contributed by atoms with E-state index in [1.54, 1.807) is 6.07 Å². The molecule has 1 atom stereocenters. The summed E-state index contributed by atoms with van der Waals surface area (Å²) in [6.45, 7) is 3.65. The summed E-state index contributed by atoms with van der Waals surface area (Å²) in [5.41, 5.74) is 6.93. The van der Waals surface area contributed by atoms with Crippen LogP contribution >= 0.6 is 0 Å². The number of hydrogen-bond donors (Lipinski definition) is 2. The predicted octanol–water partition coefficient (Wildman–Crippen LogP) is 1.46. The van der Waals surface area contributed by atoms with Crippen molar-refractivity contribution in [3.8, 4) is 0 Å². The van der Waals surface area contributed by atoms with Gasteiger partial charge in [0, 0.05) is 24.4 Å². The molecule has 106 valence electrons. The van der Waals surface area contributed by atoms with Crippen molar-refractivity contribution in [1.82, 2.24) is 0 Å². The molecule has 3 N–H and O–H groups in total. The van der Waals surface area contributed by atoms with E-state index in [0.717, 1.165) is 11.8 Å². The normalized spacial score (nSPS) is 13.1. The first kappa shape index (κ1) is 15.7. The average molecular weight is 284 g/mol. The Bertz CT molecular complexity index is 565. The van der Waals surface area contributed by atoms with Crippen molar-refractivity contribution in [2.45, 2.75) is 37.6 Å². The minimum atomic E-state index is -3.27. The predicted molar refractivity (Wildman–Crippen MR) is 75.8 cm³/mol. The molecule has 0 radical (unpaired) electrons. The zero-order valence-electron chi connectivity index (χ0n) is 11.4. The summed E-state index contributed by atoms with van der Waals surface area (Å²) in [6, 6.07) is 4.66. The zero-order chi connectivity index (χ0) is 14.6. The lowest BCUT2D eigenvalue weighted by Crippen LogP contribution is -2.19. The highest BCUT2D eigenvalue weighted by Gasteiger charge is 2.11. The fraction of sp³-hybridized carbons (Fsp3) is 0.462. The molecule has 0 aliphatic heterocycles. The highest BCUT2D eigenvalue weighted by molar-refractivity contribution is 7.90. The van der Waals surface area contributed by atoms with E-state index >= 15 is 0 Å². The van der Waals surface area contributed by atoms with Crippen LogP contribution in [0.4, 0.5) is 5.69 Å². The molecule has 0 bridgehead atoms. The molecule has 1 unspecified atom stereocenters. The fourth-order valence-electron chi connectivity index (χ4n) is 1.54. The summed E-state index contributed by atoms with van der Waals surface area (Å²) in [5.74, 6) is -0.161. The van der Waals surface area contributed by atoms with Gasteiger partial charge in [-0.1, -0.05) is 6.07 Å². The number of anilines is 1. The number of carbonyl (C=O) groups is 1. The van der Waals surface area contributed by atoms with Gasteiger partial charge >= 0.3 is 0 Å². The molecule has 0 saturated carbocycles. The SMILES string of the molecule is Cc1ccc(S(C)(=O)=O)cc1NC(=O)CCC(C)N. The van der Waals surface area contributed by atoms with Crippen molar-refractivity contribution in [2.75, 3.05) is 11.6 Å². The molecule has 6 heteroatoms. The van der Waals surface area contributed by atoms with Crippen molar-refractivity contribution in [3.63, 3.8) is 0 Å². The van der Waals surface area contributed by atoms with E-state index in [9.17, 15) is 13.2 Å². The maximum atomic E-state index is 11.7. The molecule has 0 aromatic heterocycles. The summed E-state index contributed by atoms with van der Waals surface area (Å²) in [4.78, 5) is 11.9. The van der Waals surface area contributed by atoms with Gasteiger partial charge in [0.2, 0.25) is 5.91 Å². The smallest absolute Gasteiger partial charge is 0.224 e. The summed E-state index contributed by atoms with van der Waals surface area (Å²) in [7, 11) is -3.27. The molecule has 5 nitrogen and oxygen atoms in total. The van der Waals surface area contributed by atoms with Crippen LogP contribution in [0.25, 0.3) is 0 Å². The van der Waals surface area contributed by atoms with Gasteiger partial charge in [-0.3, -0.25) is 4.79 Å². The monoisotopic (exact) mass is 284 g/mol. The van der Waals surface area contributed by atoms with Gasteiger partial charge in [-0.2, -0.15) is 0 Å². The molecule has 1 aromatic rings. The van der Waals surface area contributed by atoms with E-state index in [4.69, 9.17) is 5.73 Å². The quantitative estimate of drug-likeness (QED) is 0.856. The molecule has 1 rings (SSSR count). The van der Waals surface area contributed by atoms with Crippen molar-refractivity contribution in [1.29, 1.82) is 0 Å². The maximum absolute atomic E-state index is 11.7. The largest absolute Gasteiger partial charge is 0.328 e. The van der Waals surface area contributed by atoms with E-state index in [2.05, 4.69) is 5.32 Å². The lowest BCUT2D eigenvalue weighted by Gasteiger charge is -2.10. The second-order valence-electron chi connectivity index (χ2n) is 4.81. The molecule has 0 saturated heterocycles. The van der Waals surface area contributed by atoms with Gasteiger partial charge in [-0.15, -0.1) is 0 Å². The standard InChI is InChI=1S/C13H20N2O3S/c1-9-4-6-11(19(3,17)18)8-12(9)15-13(16)7-5-10(2)14/h4,6,8,10H,5,7,14H2,1-3H3,(H,15,16). The van der Waals surface area contributed by atoms with Gasteiger partial charge < -0.3 is 11.1 Å². The van der Waals surface area contributed by atoms with Crippen molar-refractivity contribution < 1.29 is 13.2 Å². The molecule has 1 aromatic carbocycles. The lowest BCUT2D eigenvalue weighted by atomic mass is 10.1. The second kappa shape index (κ2) is 6.16. The number of nitrogens with two attached hydrogens (primary N) is 1. The first-order valence-electron chi connectivity index (χ1n) is 6.06. The highest BCUT2D eigenvalue weighted by atomic mass is 32.2. The Kier molecular flexibility index (Phi) is 5.08. The van der Waals surface area contributed by atoms with Gasteiger partial charge in [0.25, 0.3) is 0 Å². The van der Waals surface area contributed by atoms with Crippen LogP contribution in [-0.2, 0) is 14.6 Å². The van der Waals surface area contributed by atoms with E-state index in [-0.39, 0.29) is 16.8 Å². The summed E-state index contributed by atoms with van der Waals surface area (Å²) < 4.78 is 22.9. The van der Waals surface area contributed by atoms with Crippen molar-refractivity contribution in [2.24, 2.45) is 5.73 Å². The maximum Gasteiger partial charge on any atom is 0.224 e. The highest BCUT2D eigenvalue weighted by Crippen LogP contribution is 2.20. The number of amides is 1. The Morgan fingerprint density at radius 3 is 2.58 bits per heavy atom. The number of benzene rings is 1. The molecular weight excluding hydrogens is 264 g/mol. The lowest BCUT2D eigenvalue weighted by molar-refractivity contribution is -0.116. The van der Waals surface area contributed by atoms with Crippen LogP contribution in [0.1, 0.15) is 25.3 Å². The van der Waals surface area contributed by atoms with Crippen LogP contribution in [0.15, 0.2) is 23.1 Å². The van der Waals surface area contributed by atoms with Crippen LogP contribution in [-0.4, -0.2) is 26.6 Å². The van der Waals surface area contributed by atoms with Crippen LogP contribution in [0.3, 0.4) is 0 Å². The molecule has 0 heterocycles. The number of sulfone groups is 1. The van der Waals surface area contributed by atoms with E-state index in [1.165, 1.54) is 12.1 Å². The average Bonchev–Trinajstić information content (AvgIpc) is 2.28. The Labute approximate surface area is 114 Å². The zero-order valence-corrected chi connectivity index (χ0v) is 12.3. The number of rotatable bonds is 5. The van der Waals surface area contributed by atoms with Gasteiger partial charge in [-0.25, -0.2) is 8.42 Å². The van der Waals surface area contributed by atoms with Gasteiger partial charge in [0.1, 0.15) is 0 Å².